The Balaban J connectivity index is 1.32. The van der Waals surface area contributed by atoms with E-state index in [0.717, 1.165) is 33.4 Å². The van der Waals surface area contributed by atoms with Gasteiger partial charge < -0.3 is 32.7 Å². The van der Waals surface area contributed by atoms with E-state index in [2.05, 4.69) is 36.4 Å². The molecule has 306 valence electrons. The average molecular weight is 813 g/mol. The van der Waals surface area contributed by atoms with E-state index in [-0.39, 0.29) is 13.2 Å². The zero-order valence-electron chi connectivity index (χ0n) is 33.7. The number of hydrogen-bond acceptors (Lipinski definition) is 8. The molecule has 1 fully saturated rings. The molecule has 8 nitrogen and oxygen atoms in total. The van der Waals surface area contributed by atoms with Crippen LogP contribution in [-0.4, -0.2) is 50.5 Å². The molecule has 0 amide bonds. The number of hydrogen-bond donors (Lipinski definition) is 0. The van der Waals surface area contributed by atoms with Crippen molar-refractivity contribution in [1.82, 2.24) is 0 Å². The number of benzene rings is 6. The highest BCUT2D eigenvalue weighted by Gasteiger charge is 2.51. The Morgan fingerprint density at radius 1 is 0.458 bits per heavy atom. The molecule has 1 aliphatic heterocycles. The van der Waals surface area contributed by atoms with Crippen LogP contribution in [0, 0.1) is 0 Å². The fourth-order valence-corrected chi connectivity index (χ4v) is 8.29. The lowest BCUT2D eigenvalue weighted by atomic mass is 9.80. The van der Waals surface area contributed by atoms with E-state index in [9.17, 15) is 0 Å². The maximum atomic E-state index is 7.42. The van der Waals surface area contributed by atoms with E-state index in [1.807, 2.05) is 159 Å². The summed E-state index contributed by atoms with van der Waals surface area (Å²) >= 11 is 0. The molecule has 0 aromatic heterocycles. The molecule has 1 aliphatic rings. The monoisotopic (exact) mass is 812 g/mol. The summed E-state index contributed by atoms with van der Waals surface area (Å²) in [6.07, 6.45) is -3.81. The maximum Gasteiger partial charge on any atom is 0.335 e. The lowest BCUT2D eigenvalue weighted by Gasteiger charge is -2.47. The van der Waals surface area contributed by atoms with Gasteiger partial charge in [0.05, 0.1) is 39.6 Å². The highest BCUT2D eigenvalue weighted by Crippen LogP contribution is 2.46. The normalized spacial score (nSPS) is 19.5. The Labute approximate surface area is 349 Å². The van der Waals surface area contributed by atoms with Gasteiger partial charge in [-0.05, 0) is 47.2 Å². The van der Waals surface area contributed by atoms with Crippen LogP contribution in [0.3, 0.4) is 0 Å². The summed E-state index contributed by atoms with van der Waals surface area (Å²) in [5.74, 6) is 0. The van der Waals surface area contributed by atoms with Gasteiger partial charge in [0, 0.05) is 0 Å². The molecule has 0 N–H and O–H groups in total. The zero-order chi connectivity index (χ0) is 40.5. The Morgan fingerprint density at radius 2 is 0.814 bits per heavy atom. The van der Waals surface area contributed by atoms with Gasteiger partial charge in [0.1, 0.15) is 30.0 Å². The summed E-state index contributed by atoms with van der Waals surface area (Å²) in [6.45, 7) is 5.60. The van der Waals surface area contributed by atoms with Crippen molar-refractivity contribution in [3.63, 3.8) is 0 Å². The third kappa shape index (κ3) is 11.2. The molecule has 0 bridgehead atoms. The standard InChI is InChI=1S/C50H53O8P/c1-3-55-59(56-4-2)58-49-48(53-37-41-27-15-7-16-28-41)47(52-36-40-25-13-6-14-26-40)46(51-35-39-23-11-5-12-24-39)45(57-49)38-54-50(42-29-17-8-18-30-42,43-31-19-9-20-32-43)44-33-21-10-22-34-44/h5-34,45-49H,3-4,35-38H2,1-2H3/t45-,46-,47+,48-,49?/m1/s1. The molecule has 0 radical (unpaired) electrons. The van der Waals surface area contributed by atoms with E-state index in [1.54, 1.807) is 0 Å². The lowest BCUT2D eigenvalue weighted by molar-refractivity contribution is -0.313. The topological polar surface area (TPSA) is 73.8 Å². The number of rotatable bonds is 21. The first-order valence-corrected chi connectivity index (χ1v) is 21.4. The van der Waals surface area contributed by atoms with Crippen molar-refractivity contribution in [1.29, 1.82) is 0 Å². The van der Waals surface area contributed by atoms with E-state index in [4.69, 9.17) is 37.3 Å². The minimum Gasteiger partial charge on any atom is -0.368 e. The molecule has 6 aromatic carbocycles. The summed E-state index contributed by atoms with van der Waals surface area (Å²) in [5, 5.41) is 0. The average Bonchev–Trinajstić information content (AvgIpc) is 3.30. The number of ether oxygens (including phenoxy) is 5. The van der Waals surface area contributed by atoms with Gasteiger partial charge in [0.25, 0.3) is 0 Å². The lowest BCUT2D eigenvalue weighted by Crippen LogP contribution is -2.62. The SMILES string of the molecule is CCOP(OCC)OC1O[C@H](COC(c2ccccc2)(c2ccccc2)c2ccccc2)[C@@H](OCc2ccccc2)[C@H](OCc2ccccc2)[C@H]1OCc1ccccc1. The molecule has 5 atom stereocenters. The quantitative estimate of drug-likeness (QED) is 0.0526. The van der Waals surface area contributed by atoms with Crippen molar-refractivity contribution in [2.75, 3.05) is 19.8 Å². The Hall–Kier alpha value is -4.57. The van der Waals surface area contributed by atoms with Gasteiger partial charge in [0.15, 0.2) is 6.29 Å². The Bertz CT molecular complexity index is 1940. The Morgan fingerprint density at radius 3 is 1.20 bits per heavy atom. The van der Waals surface area contributed by atoms with Gasteiger partial charge >= 0.3 is 8.60 Å². The maximum absolute atomic E-state index is 7.42. The van der Waals surface area contributed by atoms with Crippen LogP contribution in [0.15, 0.2) is 182 Å². The summed E-state index contributed by atoms with van der Waals surface area (Å²) in [5.41, 5.74) is 4.92. The summed E-state index contributed by atoms with van der Waals surface area (Å²) in [4.78, 5) is 0. The van der Waals surface area contributed by atoms with Gasteiger partial charge in [0.2, 0.25) is 0 Å². The minimum absolute atomic E-state index is 0.0931. The van der Waals surface area contributed by atoms with Gasteiger partial charge in [-0.3, -0.25) is 4.52 Å². The molecule has 6 aromatic rings. The van der Waals surface area contributed by atoms with Crippen LogP contribution in [0.25, 0.3) is 0 Å². The van der Waals surface area contributed by atoms with Gasteiger partial charge in [-0.25, -0.2) is 0 Å². The largest absolute Gasteiger partial charge is 0.368 e. The second kappa shape index (κ2) is 22.2. The summed E-state index contributed by atoms with van der Waals surface area (Å²) < 4.78 is 53.9. The highest BCUT2D eigenvalue weighted by atomic mass is 31.2. The van der Waals surface area contributed by atoms with E-state index >= 15 is 0 Å². The van der Waals surface area contributed by atoms with Crippen molar-refractivity contribution >= 4 is 8.60 Å². The van der Waals surface area contributed by atoms with Crippen molar-refractivity contribution in [3.8, 4) is 0 Å². The molecule has 59 heavy (non-hydrogen) atoms. The molecule has 9 heteroatoms. The molecule has 1 heterocycles. The van der Waals surface area contributed by atoms with Gasteiger partial charge in [-0.15, -0.1) is 0 Å². The molecule has 1 saturated heterocycles. The van der Waals surface area contributed by atoms with Crippen LogP contribution in [0.4, 0.5) is 0 Å². The fraction of sp³-hybridized carbons (Fsp3) is 0.280. The fourth-order valence-electron chi connectivity index (χ4n) is 7.33. The van der Waals surface area contributed by atoms with E-state index in [1.165, 1.54) is 0 Å². The van der Waals surface area contributed by atoms with Crippen LogP contribution in [-0.2, 0) is 62.7 Å². The third-order valence-corrected chi connectivity index (χ3v) is 11.4. The molecular weight excluding hydrogens is 760 g/mol. The van der Waals surface area contributed by atoms with Crippen molar-refractivity contribution in [2.24, 2.45) is 0 Å². The molecular formula is C50H53O8P. The Kier molecular flexibility index (Phi) is 16.0. The third-order valence-electron chi connectivity index (χ3n) is 10.1. The first-order valence-electron chi connectivity index (χ1n) is 20.3. The van der Waals surface area contributed by atoms with Crippen LogP contribution >= 0.6 is 8.60 Å². The van der Waals surface area contributed by atoms with E-state index < -0.39 is 44.9 Å². The second-order valence-corrected chi connectivity index (χ2v) is 15.3. The van der Waals surface area contributed by atoms with Crippen molar-refractivity contribution in [3.05, 3.63) is 215 Å². The molecule has 1 unspecified atom stereocenters. The molecule has 7 rings (SSSR count). The molecule has 0 saturated carbocycles. The van der Waals surface area contributed by atoms with Gasteiger partial charge in [-0.1, -0.05) is 182 Å². The summed E-state index contributed by atoms with van der Waals surface area (Å²) in [7, 11) is -1.81. The van der Waals surface area contributed by atoms with Crippen LogP contribution in [0.2, 0.25) is 0 Å². The predicted octanol–water partition coefficient (Wildman–Crippen LogP) is 10.8. The second-order valence-electron chi connectivity index (χ2n) is 14.1. The van der Waals surface area contributed by atoms with Gasteiger partial charge in [-0.2, -0.15) is 0 Å². The van der Waals surface area contributed by atoms with Crippen molar-refractivity contribution in [2.45, 2.75) is 70.0 Å². The zero-order valence-corrected chi connectivity index (χ0v) is 34.6. The first-order chi connectivity index (χ1) is 29.2. The summed E-state index contributed by atoms with van der Waals surface area (Å²) in [6, 6.07) is 61.2. The smallest absolute Gasteiger partial charge is 0.335 e. The van der Waals surface area contributed by atoms with E-state index in [0.29, 0.717) is 26.4 Å². The molecule has 0 spiro atoms. The first kappa shape index (κ1) is 42.6. The highest BCUT2D eigenvalue weighted by molar-refractivity contribution is 7.41. The van der Waals surface area contributed by atoms with Crippen molar-refractivity contribution < 1.29 is 37.3 Å². The van der Waals surface area contributed by atoms with Crippen LogP contribution in [0.1, 0.15) is 47.2 Å². The van der Waals surface area contributed by atoms with Crippen LogP contribution in [0.5, 0.6) is 0 Å². The molecule has 0 aliphatic carbocycles. The van der Waals surface area contributed by atoms with Crippen LogP contribution < -0.4 is 0 Å². The minimum atomic E-state index is -1.81. The predicted molar refractivity (Wildman–Crippen MR) is 230 cm³/mol.